The average molecular weight is 248 g/mol. The van der Waals surface area contributed by atoms with E-state index in [0.717, 1.165) is 5.69 Å². The van der Waals surface area contributed by atoms with Crippen LogP contribution < -0.4 is 5.32 Å². The summed E-state index contributed by atoms with van der Waals surface area (Å²) < 4.78 is 1.46. The molecule has 94 valence electrons. The van der Waals surface area contributed by atoms with Gasteiger partial charge in [-0.15, -0.1) is 5.10 Å². The second kappa shape index (κ2) is 5.21. The Morgan fingerprint density at radius 1 is 1.44 bits per heavy atom. The number of carboxylic acid groups (broad SMARTS) is 1. The molecule has 8 heteroatoms. The number of nitrogens with zero attached hydrogens (tertiary/aromatic N) is 5. The van der Waals surface area contributed by atoms with E-state index in [1.165, 1.54) is 10.9 Å². The molecular weight excluding hydrogens is 236 g/mol. The van der Waals surface area contributed by atoms with E-state index in [9.17, 15) is 4.79 Å². The van der Waals surface area contributed by atoms with E-state index >= 15 is 0 Å². The number of anilines is 1. The monoisotopic (exact) mass is 248 g/mol. The Kier molecular flexibility index (Phi) is 3.46. The minimum atomic E-state index is -1.08. The highest BCUT2D eigenvalue weighted by molar-refractivity contribution is 5.84. The van der Waals surface area contributed by atoms with Crippen LogP contribution in [0, 0.1) is 6.92 Å². The van der Waals surface area contributed by atoms with E-state index < -0.39 is 5.97 Å². The SMILES string of the molecule is Cc1nccnc1NCCn1cc(C(=O)O)nn1. The number of aromatic carboxylic acids is 1. The number of hydrogen-bond donors (Lipinski definition) is 2. The van der Waals surface area contributed by atoms with Gasteiger partial charge in [0, 0.05) is 18.9 Å². The molecule has 0 aliphatic carbocycles. The molecule has 0 amide bonds. The maximum absolute atomic E-state index is 10.6. The highest BCUT2D eigenvalue weighted by atomic mass is 16.4. The first-order valence-corrected chi connectivity index (χ1v) is 5.31. The molecule has 0 aromatic carbocycles. The quantitative estimate of drug-likeness (QED) is 0.777. The second-order valence-electron chi connectivity index (χ2n) is 3.59. The van der Waals surface area contributed by atoms with Crippen molar-refractivity contribution in [2.24, 2.45) is 0 Å². The minimum absolute atomic E-state index is 0.0642. The Morgan fingerprint density at radius 3 is 2.89 bits per heavy atom. The van der Waals surface area contributed by atoms with Crippen molar-refractivity contribution >= 4 is 11.8 Å². The molecule has 8 nitrogen and oxygen atoms in total. The third-order valence-corrected chi connectivity index (χ3v) is 2.27. The Hall–Kier alpha value is -2.51. The molecule has 2 rings (SSSR count). The van der Waals surface area contributed by atoms with Crippen molar-refractivity contribution in [3.8, 4) is 0 Å². The van der Waals surface area contributed by atoms with E-state index in [1.54, 1.807) is 12.4 Å². The van der Waals surface area contributed by atoms with Crippen molar-refractivity contribution in [3.63, 3.8) is 0 Å². The van der Waals surface area contributed by atoms with Gasteiger partial charge >= 0.3 is 5.97 Å². The van der Waals surface area contributed by atoms with Gasteiger partial charge in [-0.3, -0.25) is 4.98 Å². The van der Waals surface area contributed by atoms with Crippen LogP contribution >= 0.6 is 0 Å². The molecule has 0 saturated carbocycles. The summed E-state index contributed by atoms with van der Waals surface area (Å²) >= 11 is 0. The summed E-state index contributed by atoms with van der Waals surface area (Å²) in [7, 11) is 0. The first-order valence-electron chi connectivity index (χ1n) is 5.31. The predicted octanol–water partition coefficient (Wildman–Crippen LogP) is 0.187. The smallest absolute Gasteiger partial charge is 0.358 e. The van der Waals surface area contributed by atoms with Gasteiger partial charge in [0.05, 0.1) is 18.4 Å². The molecule has 2 aromatic heterocycles. The van der Waals surface area contributed by atoms with Gasteiger partial charge < -0.3 is 10.4 Å². The van der Waals surface area contributed by atoms with Crippen LogP contribution in [0.2, 0.25) is 0 Å². The number of hydrogen-bond acceptors (Lipinski definition) is 6. The summed E-state index contributed by atoms with van der Waals surface area (Å²) in [6, 6.07) is 0. The molecule has 0 bridgehead atoms. The highest BCUT2D eigenvalue weighted by Gasteiger charge is 2.07. The lowest BCUT2D eigenvalue weighted by molar-refractivity contribution is 0.0690. The summed E-state index contributed by atoms with van der Waals surface area (Å²) in [5.74, 6) is -0.380. The first kappa shape index (κ1) is 12.0. The molecule has 2 heterocycles. The molecule has 0 aliphatic heterocycles. The standard InChI is InChI=1S/C10H12N6O2/c1-7-9(12-3-2-11-7)13-4-5-16-6-8(10(17)18)14-15-16/h2-3,6H,4-5H2,1H3,(H,12,13)(H,17,18). The fourth-order valence-corrected chi connectivity index (χ4v) is 1.38. The fraction of sp³-hybridized carbons (Fsp3) is 0.300. The third-order valence-electron chi connectivity index (χ3n) is 2.27. The zero-order valence-electron chi connectivity index (χ0n) is 9.74. The van der Waals surface area contributed by atoms with Crippen LogP contribution in [-0.4, -0.2) is 42.6 Å². The minimum Gasteiger partial charge on any atom is -0.476 e. The topological polar surface area (TPSA) is 106 Å². The maximum atomic E-state index is 10.6. The van der Waals surface area contributed by atoms with Crippen molar-refractivity contribution in [2.75, 3.05) is 11.9 Å². The van der Waals surface area contributed by atoms with E-state index in [4.69, 9.17) is 5.11 Å². The lowest BCUT2D eigenvalue weighted by Crippen LogP contribution is -2.13. The maximum Gasteiger partial charge on any atom is 0.358 e. The van der Waals surface area contributed by atoms with Crippen molar-refractivity contribution < 1.29 is 9.90 Å². The van der Waals surface area contributed by atoms with Gasteiger partial charge in [-0.2, -0.15) is 0 Å². The normalized spacial score (nSPS) is 10.3. The van der Waals surface area contributed by atoms with Crippen LogP contribution in [0.15, 0.2) is 18.6 Å². The van der Waals surface area contributed by atoms with Gasteiger partial charge in [0.15, 0.2) is 5.69 Å². The van der Waals surface area contributed by atoms with Gasteiger partial charge in [-0.05, 0) is 6.92 Å². The number of rotatable bonds is 5. The van der Waals surface area contributed by atoms with E-state index in [2.05, 4.69) is 25.6 Å². The van der Waals surface area contributed by atoms with Crippen LogP contribution in [-0.2, 0) is 6.54 Å². The average Bonchev–Trinajstić information content (AvgIpc) is 2.80. The van der Waals surface area contributed by atoms with Gasteiger partial charge in [0.2, 0.25) is 0 Å². The Bertz CT molecular complexity index is 553. The number of aryl methyl sites for hydroxylation is 1. The van der Waals surface area contributed by atoms with Crippen molar-refractivity contribution in [1.29, 1.82) is 0 Å². The van der Waals surface area contributed by atoms with Crippen LogP contribution in [0.3, 0.4) is 0 Å². The lowest BCUT2D eigenvalue weighted by Gasteiger charge is -2.06. The van der Waals surface area contributed by atoms with Gasteiger partial charge in [-0.25, -0.2) is 14.5 Å². The molecule has 0 spiro atoms. The van der Waals surface area contributed by atoms with Crippen molar-refractivity contribution in [3.05, 3.63) is 30.0 Å². The molecule has 0 unspecified atom stereocenters. The Morgan fingerprint density at radius 2 is 2.22 bits per heavy atom. The Balaban J connectivity index is 1.88. The number of carboxylic acids is 1. The molecule has 18 heavy (non-hydrogen) atoms. The molecule has 2 N–H and O–H groups in total. The summed E-state index contributed by atoms with van der Waals surface area (Å²) in [5, 5.41) is 19.0. The molecule has 0 aliphatic rings. The van der Waals surface area contributed by atoms with E-state index in [1.807, 2.05) is 6.92 Å². The zero-order chi connectivity index (χ0) is 13.0. The fourth-order valence-electron chi connectivity index (χ4n) is 1.38. The molecule has 0 atom stereocenters. The third kappa shape index (κ3) is 2.78. The second-order valence-corrected chi connectivity index (χ2v) is 3.59. The van der Waals surface area contributed by atoms with Crippen LogP contribution in [0.4, 0.5) is 5.82 Å². The number of aromatic nitrogens is 5. The Labute approximate surface area is 103 Å². The summed E-state index contributed by atoms with van der Waals surface area (Å²) in [6.07, 6.45) is 4.61. The molecule has 0 saturated heterocycles. The molecule has 2 aromatic rings. The largest absolute Gasteiger partial charge is 0.476 e. The van der Waals surface area contributed by atoms with Crippen molar-refractivity contribution in [1.82, 2.24) is 25.0 Å². The zero-order valence-corrected chi connectivity index (χ0v) is 9.74. The predicted molar refractivity (Wildman–Crippen MR) is 62.2 cm³/mol. The summed E-state index contributed by atoms with van der Waals surface area (Å²) in [6.45, 7) is 2.91. The van der Waals surface area contributed by atoms with Crippen molar-refractivity contribution in [2.45, 2.75) is 13.5 Å². The first-order chi connectivity index (χ1) is 8.66. The number of nitrogens with one attached hydrogen (secondary N) is 1. The summed E-state index contributed by atoms with van der Waals surface area (Å²) in [4.78, 5) is 18.8. The lowest BCUT2D eigenvalue weighted by atomic mass is 10.4. The molecular formula is C10H12N6O2. The van der Waals surface area contributed by atoms with Gasteiger partial charge in [-0.1, -0.05) is 5.21 Å². The molecule has 0 fully saturated rings. The van der Waals surface area contributed by atoms with Crippen LogP contribution in [0.5, 0.6) is 0 Å². The van der Waals surface area contributed by atoms with Crippen LogP contribution in [0.1, 0.15) is 16.2 Å². The van der Waals surface area contributed by atoms with E-state index in [0.29, 0.717) is 18.9 Å². The van der Waals surface area contributed by atoms with Gasteiger partial charge in [0.1, 0.15) is 5.82 Å². The highest BCUT2D eigenvalue weighted by Crippen LogP contribution is 2.05. The number of carbonyl (C=O) groups is 1. The van der Waals surface area contributed by atoms with Crippen LogP contribution in [0.25, 0.3) is 0 Å². The summed E-state index contributed by atoms with van der Waals surface area (Å²) in [5.41, 5.74) is 0.744. The van der Waals surface area contributed by atoms with E-state index in [-0.39, 0.29) is 5.69 Å². The van der Waals surface area contributed by atoms with Gasteiger partial charge in [0.25, 0.3) is 0 Å². The molecule has 0 radical (unpaired) electrons.